The molecule has 1 saturated carbocycles. The van der Waals surface area contributed by atoms with Gasteiger partial charge in [0.1, 0.15) is 11.9 Å². The van der Waals surface area contributed by atoms with E-state index in [0.29, 0.717) is 38.0 Å². The third kappa shape index (κ3) is 10.2. The zero-order valence-electron chi connectivity index (χ0n) is 29.6. The molecule has 0 radical (unpaired) electrons. The number of benzene rings is 2. The van der Waals surface area contributed by atoms with E-state index >= 15 is 13.2 Å². The Morgan fingerprint density at radius 1 is 1.00 bits per heavy atom. The molecule has 2 aliphatic rings. The van der Waals surface area contributed by atoms with Crippen molar-refractivity contribution in [3.05, 3.63) is 65.0 Å². The lowest BCUT2D eigenvalue weighted by molar-refractivity contribution is -0.184. The van der Waals surface area contributed by atoms with E-state index in [-0.39, 0.29) is 55.2 Å². The third-order valence-electron chi connectivity index (χ3n) is 10.0. The van der Waals surface area contributed by atoms with Gasteiger partial charge in [0.05, 0.1) is 29.2 Å². The summed E-state index contributed by atoms with van der Waals surface area (Å²) in [5, 5.41) is 14.2. The van der Waals surface area contributed by atoms with E-state index in [2.05, 4.69) is 20.5 Å². The zero-order chi connectivity index (χ0) is 39.1. The lowest BCUT2D eigenvalue weighted by atomic mass is 9.75. The second kappa shape index (κ2) is 17.4. The van der Waals surface area contributed by atoms with Gasteiger partial charge in [0.2, 0.25) is 17.7 Å². The molecule has 2 N–H and O–H groups in total. The summed E-state index contributed by atoms with van der Waals surface area (Å²) in [6.45, 7) is 5.44. The van der Waals surface area contributed by atoms with Crippen LogP contribution in [0.3, 0.4) is 0 Å². The van der Waals surface area contributed by atoms with Gasteiger partial charge < -0.3 is 20.4 Å². The first kappa shape index (κ1) is 41.0. The molecule has 16 heteroatoms. The summed E-state index contributed by atoms with van der Waals surface area (Å²) in [6, 6.07) is 8.57. The molecule has 2 fully saturated rings. The molecule has 1 saturated heterocycles. The first-order valence-electron chi connectivity index (χ1n) is 17.4. The largest absolute Gasteiger partial charge is 0.391 e. The Bertz CT molecular complexity index is 1730. The first-order valence-corrected chi connectivity index (χ1v) is 17.4. The molecule has 0 bridgehead atoms. The standard InChI is InChI=1S/C37H42F6N6O4/c1-4-31(50)47-32(34(52)49-16-14-48(3)15-17-49)22(2)25-10-13-30(29(38)19-25)46-33(51)28(24-8-11-26(12-9-24)37(41,42)43)21-45-35(53)36(39,40)27-7-5-6-23(18-27)20-44/h5-7,10,13,18-19,21-22,24,26,28,32H,4,8-9,11-12,14-17H2,1-3H3,(H,46,51)(H,47,50)/t22-,24-,26-,28?,32+/m0/s1. The van der Waals surface area contributed by atoms with E-state index in [4.69, 9.17) is 5.26 Å². The Labute approximate surface area is 303 Å². The predicted molar refractivity (Wildman–Crippen MR) is 183 cm³/mol. The Morgan fingerprint density at radius 2 is 1.66 bits per heavy atom. The summed E-state index contributed by atoms with van der Waals surface area (Å²) in [6.07, 6.45) is -4.68. The van der Waals surface area contributed by atoms with Crippen LogP contribution >= 0.6 is 0 Å². The van der Waals surface area contributed by atoms with Crippen molar-refractivity contribution in [1.29, 1.82) is 5.26 Å². The molecule has 4 rings (SSSR count). The van der Waals surface area contributed by atoms with Crippen LogP contribution in [-0.2, 0) is 25.1 Å². The maximum atomic E-state index is 15.6. The van der Waals surface area contributed by atoms with Gasteiger partial charge in [-0.15, -0.1) is 0 Å². The van der Waals surface area contributed by atoms with Crippen molar-refractivity contribution >= 4 is 35.5 Å². The van der Waals surface area contributed by atoms with Gasteiger partial charge >= 0.3 is 18.0 Å². The highest BCUT2D eigenvalue weighted by atomic mass is 19.4. The van der Waals surface area contributed by atoms with Gasteiger partial charge in [-0.2, -0.15) is 27.2 Å². The minimum atomic E-state index is -4.47. The lowest BCUT2D eigenvalue weighted by Gasteiger charge is -2.36. The van der Waals surface area contributed by atoms with Crippen LogP contribution in [0.15, 0.2) is 47.5 Å². The van der Waals surface area contributed by atoms with Crippen molar-refractivity contribution in [2.45, 2.75) is 70.0 Å². The van der Waals surface area contributed by atoms with E-state index in [1.807, 2.05) is 7.05 Å². The maximum absolute atomic E-state index is 15.6. The van der Waals surface area contributed by atoms with Crippen LogP contribution in [0.1, 0.15) is 68.6 Å². The number of hydrogen-bond donors (Lipinski definition) is 2. The van der Waals surface area contributed by atoms with Crippen LogP contribution in [0, 0.1) is 34.9 Å². The minimum absolute atomic E-state index is 0.110. The number of rotatable bonds is 11. The van der Waals surface area contributed by atoms with Gasteiger partial charge in [0.25, 0.3) is 0 Å². The van der Waals surface area contributed by atoms with E-state index in [1.54, 1.807) is 24.8 Å². The smallest absolute Gasteiger partial charge is 0.344 e. The molecule has 1 aliphatic heterocycles. The van der Waals surface area contributed by atoms with Crippen molar-refractivity contribution in [3.63, 3.8) is 0 Å². The molecule has 4 amide bonds. The van der Waals surface area contributed by atoms with Crippen molar-refractivity contribution in [2.75, 3.05) is 38.5 Å². The number of carbonyl (C=O) groups excluding carboxylic acids is 4. The second-order valence-electron chi connectivity index (χ2n) is 13.6. The molecular weight excluding hydrogens is 706 g/mol. The minimum Gasteiger partial charge on any atom is -0.344 e. The average molecular weight is 749 g/mol. The molecule has 53 heavy (non-hydrogen) atoms. The van der Waals surface area contributed by atoms with Crippen LogP contribution in [0.5, 0.6) is 0 Å². The normalized spacial score (nSPS) is 20.3. The quantitative estimate of drug-likeness (QED) is 0.221. The molecule has 1 aliphatic carbocycles. The number of halogens is 6. The Morgan fingerprint density at radius 3 is 2.25 bits per heavy atom. The summed E-state index contributed by atoms with van der Waals surface area (Å²) in [5.74, 6) is -13.4. The van der Waals surface area contributed by atoms with Gasteiger partial charge in [-0.05, 0) is 68.5 Å². The molecule has 2 aromatic rings. The number of carbonyl (C=O) groups is 4. The molecule has 1 heterocycles. The Balaban J connectivity index is 1.57. The van der Waals surface area contributed by atoms with Crippen molar-refractivity contribution in [2.24, 2.45) is 22.7 Å². The Kier molecular flexibility index (Phi) is 13.4. The monoisotopic (exact) mass is 748 g/mol. The molecule has 1 unspecified atom stereocenters. The van der Waals surface area contributed by atoms with Gasteiger partial charge in [0, 0.05) is 50.3 Å². The van der Waals surface area contributed by atoms with E-state index in [9.17, 15) is 32.3 Å². The molecule has 3 atom stereocenters. The summed E-state index contributed by atoms with van der Waals surface area (Å²) >= 11 is 0. The van der Waals surface area contributed by atoms with Crippen molar-refractivity contribution in [3.8, 4) is 6.07 Å². The number of hydrogen-bond acceptors (Lipinski definition) is 6. The highest BCUT2D eigenvalue weighted by Gasteiger charge is 2.44. The number of nitrogens with zero attached hydrogens (tertiary/aromatic N) is 4. The number of likely N-dealkylation sites (N-methyl/N-ethyl adjacent to an activating group) is 1. The van der Waals surface area contributed by atoms with Crippen molar-refractivity contribution < 1.29 is 45.5 Å². The zero-order valence-corrected chi connectivity index (χ0v) is 29.6. The number of aliphatic imine (C=N–C) groups is 1. The molecular formula is C37H42F6N6O4. The van der Waals surface area contributed by atoms with Gasteiger partial charge in [0.15, 0.2) is 0 Å². The predicted octanol–water partition coefficient (Wildman–Crippen LogP) is 5.78. The third-order valence-corrected chi connectivity index (χ3v) is 10.0. The average Bonchev–Trinajstić information content (AvgIpc) is 3.14. The van der Waals surface area contributed by atoms with Crippen LogP contribution in [-0.4, -0.2) is 85.1 Å². The number of nitriles is 1. The first-order chi connectivity index (χ1) is 25.0. The van der Waals surface area contributed by atoms with Crippen LogP contribution in [0.4, 0.5) is 32.0 Å². The lowest BCUT2D eigenvalue weighted by Crippen LogP contribution is -2.55. The maximum Gasteiger partial charge on any atom is 0.391 e. The number of alkyl halides is 5. The van der Waals surface area contributed by atoms with Crippen LogP contribution in [0.25, 0.3) is 0 Å². The highest BCUT2D eigenvalue weighted by molar-refractivity contribution is 6.05. The number of anilines is 1. The molecule has 0 aromatic heterocycles. The highest BCUT2D eigenvalue weighted by Crippen LogP contribution is 2.42. The molecule has 0 spiro atoms. The molecule has 2 aromatic carbocycles. The van der Waals surface area contributed by atoms with Gasteiger partial charge in [-0.25, -0.2) is 9.38 Å². The van der Waals surface area contributed by atoms with Gasteiger partial charge in [-0.1, -0.05) is 32.0 Å². The topological polar surface area (TPSA) is 135 Å². The summed E-state index contributed by atoms with van der Waals surface area (Å²) in [4.78, 5) is 59.2. The fraction of sp³-hybridized carbons (Fsp3) is 0.514. The Hall–Kier alpha value is -4.78. The van der Waals surface area contributed by atoms with Crippen LogP contribution < -0.4 is 10.6 Å². The van der Waals surface area contributed by atoms with Crippen LogP contribution in [0.2, 0.25) is 0 Å². The number of nitrogens with one attached hydrogen (secondary N) is 2. The molecule has 286 valence electrons. The fourth-order valence-corrected chi connectivity index (χ4v) is 6.57. The summed E-state index contributed by atoms with van der Waals surface area (Å²) in [5.41, 5.74) is -0.981. The fourth-order valence-electron chi connectivity index (χ4n) is 6.57. The SMILES string of the molecule is CCC(=O)N[C@@H](C(=O)N1CCN(C)CC1)[C@@H](C)c1ccc(NC(=O)C(C=NC(=O)C(F)(F)c2cccc(C#N)c2)[C@H]2CC[C@H](C(F)(F)F)CC2)c(F)c1. The summed E-state index contributed by atoms with van der Waals surface area (Å²) < 4.78 is 85.9. The van der Waals surface area contributed by atoms with Crippen molar-refractivity contribution in [1.82, 2.24) is 15.1 Å². The summed E-state index contributed by atoms with van der Waals surface area (Å²) in [7, 11) is 1.92. The molecule has 10 nitrogen and oxygen atoms in total. The van der Waals surface area contributed by atoms with E-state index in [1.165, 1.54) is 18.2 Å². The van der Waals surface area contributed by atoms with E-state index in [0.717, 1.165) is 24.3 Å². The number of piperazine rings is 1. The second-order valence-corrected chi connectivity index (χ2v) is 13.6. The van der Waals surface area contributed by atoms with Gasteiger partial charge in [-0.3, -0.25) is 19.2 Å². The van der Waals surface area contributed by atoms with E-state index < -0.39 is 65.0 Å². The number of amides is 4.